The summed E-state index contributed by atoms with van der Waals surface area (Å²) >= 11 is 9.62. The minimum absolute atomic E-state index is 0.457. The van der Waals surface area contributed by atoms with Crippen molar-refractivity contribution < 1.29 is 9.26 Å². The maximum Gasteiger partial charge on any atom is 0.189 e. The molecule has 0 N–H and O–H groups in total. The molecule has 0 radical (unpaired) electrons. The zero-order valence-electron chi connectivity index (χ0n) is 10.5. The van der Waals surface area contributed by atoms with E-state index in [9.17, 15) is 0 Å². The van der Waals surface area contributed by atoms with Crippen LogP contribution in [0.5, 0.6) is 5.75 Å². The van der Waals surface area contributed by atoms with E-state index in [1.807, 2.05) is 42.5 Å². The number of benzene rings is 2. The molecule has 1 aromatic heterocycles. The Morgan fingerprint density at radius 2 is 1.95 bits per heavy atom. The molecule has 0 saturated heterocycles. The molecule has 0 saturated carbocycles. The van der Waals surface area contributed by atoms with E-state index >= 15 is 0 Å². The molecule has 0 aliphatic rings. The molecular weight excluding hydrogens is 342 g/mol. The number of alkyl halides is 1. The highest BCUT2D eigenvalue weighted by atomic mass is 79.9. The summed E-state index contributed by atoms with van der Waals surface area (Å²) in [7, 11) is 0. The molecule has 0 aliphatic heterocycles. The number of rotatable bonds is 4. The fourth-order valence-electron chi connectivity index (χ4n) is 2.02. The summed E-state index contributed by atoms with van der Waals surface area (Å²) < 4.78 is 10.9. The third kappa shape index (κ3) is 2.41. The molecule has 5 heteroatoms. The quantitative estimate of drug-likeness (QED) is 0.625. The summed E-state index contributed by atoms with van der Waals surface area (Å²) in [5, 5.41) is 6.21. The van der Waals surface area contributed by atoms with Gasteiger partial charge in [0.2, 0.25) is 0 Å². The first kappa shape index (κ1) is 13.5. The van der Waals surface area contributed by atoms with Crippen LogP contribution in [0.3, 0.4) is 0 Å². The number of hydrogen-bond donors (Lipinski definition) is 0. The Morgan fingerprint density at radius 3 is 2.70 bits per heavy atom. The molecule has 0 fully saturated rings. The summed E-state index contributed by atoms with van der Waals surface area (Å²) in [6.45, 7) is 0.547. The molecule has 102 valence electrons. The van der Waals surface area contributed by atoms with Gasteiger partial charge in [0.15, 0.2) is 5.58 Å². The van der Waals surface area contributed by atoms with Crippen molar-refractivity contribution in [3.05, 3.63) is 47.5 Å². The molecule has 0 atom stereocenters. The highest BCUT2D eigenvalue weighted by Crippen LogP contribution is 2.37. The third-order valence-corrected chi connectivity index (χ3v) is 3.61. The highest BCUT2D eigenvalue weighted by Gasteiger charge is 2.16. The lowest BCUT2D eigenvalue weighted by molar-refractivity contribution is 0.344. The van der Waals surface area contributed by atoms with E-state index in [0.717, 1.165) is 22.0 Å². The predicted molar refractivity (Wildman–Crippen MR) is 83.7 cm³/mol. The van der Waals surface area contributed by atoms with Gasteiger partial charge in [-0.2, -0.15) is 0 Å². The molecule has 2 aromatic carbocycles. The van der Waals surface area contributed by atoms with Crippen LogP contribution in [0.15, 0.2) is 47.0 Å². The lowest BCUT2D eigenvalue weighted by Gasteiger charge is -2.05. The zero-order chi connectivity index (χ0) is 13.9. The number of hydrogen-bond acceptors (Lipinski definition) is 3. The zero-order valence-corrected chi connectivity index (χ0v) is 12.8. The lowest BCUT2D eigenvalue weighted by Crippen LogP contribution is -1.98. The Morgan fingerprint density at radius 1 is 1.15 bits per heavy atom. The van der Waals surface area contributed by atoms with E-state index in [1.54, 1.807) is 0 Å². The Labute approximate surface area is 129 Å². The first-order valence-corrected chi connectivity index (χ1v) is 7.63. The van der Waals surface area contributed by atoms with Gasteiger partial charge in [-0.15, -0.1) is 0 Å². The van der Waals surface area contributed by atoms with Crippen molar-refractivity contribution in [1.82, 2.24) is 5.16 Å². The number of halogens is 2. The minimum atomic E-state index is 0.457. The largest absolute Gasteiger partial charge is 0.491 e. The number of nitrogens with zero attached hydrogens (tertiary/aromatic N) is 1. The number of ether oxygens (including phenoxy) is 1. The van der Waals surface area contributed by atoms with Crippen LogP contribution >= 0.6 is 27.5 Å². The van der Waals surface area contributed by atoms with Gasteiger partial charge in [0, 0.05) is 10.9 Å². The van der Waals surface area contributed by atoms with Crippen LogP contribution in [-0.4, -0.2) is 17.1 Å². The molecule has 0 unspecified atom stereocenters. The number of fused-ring (bicyclic) bond motifs is 1. The maximum atomic E-state index is 6.30. The summed E-state index contributed by atoms with van der Waals surface area (Å²) in [6, 6.07) is 13.6. The maximum absolute atomic E-state index is 6.30. The van der Waals surface area contributed by atoms with Crippen LogP contribution in [0, 0.1) is 0 Å². The molecule has 0 spiro atoms. The molecule has 3 aromatic rings. The van der Waals surface area contributed by atoms with E-state index < -0.39 is 0 Å². The van der Waals surface area contributed by atoms with E-state index in [1.165, 1.54) is 0 Å². The van der Waals surface area contributed by atoms with Crippen molar-refractivity contribution in [3.63, 3.8) is 0 Å². The minimum Gasteiger partial charge on any atom is -0.491 e. The van der Waals surface area contributed by atoms with Crippen molar-refractivity contribution in [3.8, 4) is 17.0 Å². The van der Waals surface area contributed by atoms with Gasteiger partial charge in [0.05, 0.1) is 12.0 Å². The van der Waals surface area contributed by atoms with Crippen LogP contribution in [0.1, 0.15) is 0 Å². The van der Waals surface area contributed by atoms with E-state index in [-0.39, 0.29) is 0 Å². The summed E-state index contributed by atoms with van der Waals surface area (Å²) in [4.78, 5) is 0. The van der Waals surface area contributed by atoms with Crippen LogP contribution in [0.4, 0.5) is 0 Å². The second-order valence-corrected chi connectivity index (χ2v) is 5.36. The van der Waals surface area contributed by atoms with Gasteiger partial charge >= 0.3 is 0 Å². The number of aromatic nitrogens is 1. The molecule has 0 aliphatic carbocycles. The Balaban J connectivity index is 2.08. The smallest absolute Gasteiger partial charge is 0.189 e. The first-order valence-electron chi connectivity index (χ1n) is 6.13. The van der Waals surface area contributed by atoms with Crippen molar-refractivity contribution in [2.45, 2.75) is 0 Å². The predicted octanol–water partition coefficient (Wildman–Crippen LogP) is 4.92. The molecule has 3 nitrogen and oxygen atoms in total. The van der Waals surface area contributed by atoms with Gasteiger partial charge in [-0.3, -0.25) is 0 Å². The van der Waals surface area contributed by atoms with Crippen molar-refractivity contribution in [2.75, 3.05) is 11.9 Å². The fraction of sp³-hybridized carbons (Fsp3) is 0.133. The summed E-state index contributed by atoms with van der Waals surface area (Å²) in [5.41, 5.74) is 2.34. The van der Waals surface area contributed by atoms with Gasteiger partial charge in [0.25, 0.3) is 0 Å². The van der Waals surface area contributed by atoms with Gasteiger partial charge < -0.3 is 9.26 Å². The monoisotopic (exact) mass is 351 g/mol. The van der Waals surface area contributed by atoms with Gasteiger partial charge in [-0.05, 0) is 12.1 Å². The SMILES string of the molecule is Clc1c(OCCBr)ccc2c(-c3ccccc3)noc12. The summed E-state index contributed by atoms with van der Waals surface area (Å²) in [5.74, 6) is 0.606. The summed E-state index contributed by atoms with van der Waals surface area (Å²) in [6.07, 6.45) is 0. The van der Waals surface area contributed by atoms with Crippen molar-refractivity contribution in [2.24, 2.45) is 0 Å². The van der Waals surface area contributed by atoms with Gasteiger partial charge in [-0.1, -0.05) is 63.0 Å². The Hall–Kier alpha value is -1.52. The molecule has 0 bridgehead atoms. The van der Waals surface area contributed by atoms with E-state index in [0.29, 0.717) is 23.0 Å². The van der Waals surface area contributed by atoms with Crippen LogP contribution in [-0.2, 0) is 0 Å². The second kappa shape index (κ2) is 5.85. The lowest BCUT2D eigenvalue weighted by atomic mass is 10.1. The molecule has 3 rings (SSSR count). The molecular formula is C15H11BrClNO2. The third-order valence-electron chi connectivity index (χ3n) is 2.93. The Bertz CT molecular complexity index is 727. The van der Waals surface area contributed by atoms with Crippen molar-refractivity contribution >= 4 is 38.5 Å². The van der Waals surface area contributed by atoms with Gasteiger partial charge in [0.1, 0.15) is 16.5 Å². The molecule has 0 amide bonds. The second-order valence-electron chi connectivity index (χ2n) is 4.19. The van der Waals surface area contributed by atoms with E-state index in [2.05, 4.69) is 21.1 Å². The van der Waals surface area contributed by atoms with E-state index in [4.69, 9.17) is 20.9 Å². The van der Waals surface area contributed by atoms with Crippen LogP contribution < -0.4 is 4.74 Å². The van der Waals surface area contributed by atoms with Gasteiger partial charge in [-0.25, -0.2) is 0 Å². The fourth-order valence-corrected chi connectivity index (χ4v) is 2.43. The average molecular weight is 353 g/mol. The molecule has 20 heavy (non-hydrogen) atoms. The van der Waals surface area contributed by atoms with Crippen LogP contribution in [0.2, 0.25) is 5.02 Å². The average Bonchev–Trinajstić information content (AvgIpc) is 2.92. The first-order chi connectivity index (χ1) is 9.81. The van der Waals surface area contributed by atoms with Crippen molar-refractivity contribution in [1.29, 1.82) is 0 Å². The normalized spacial score (nSPS) is 10.9. The van der Waals surface area contributed by atoms with Crippen LogP contribution in [0.25, 0.3) is 22.2 Å². The molecule has 1 heterocycles. The highest BCUT2D eigenvalue weighted by molar-refractivity contribution is 9.09. The topological polar surface area (TPSA) is 35.3 Å². The standard InChI is InChI=1S/C15H11BrClNO2/c16-8-9-19-12-7-6-11-14(10-4-2-1-3-5-10)18-20-15(11)13(12)17/h1-7H,8-9H2. The Kier molecular flexibility index (Phi) is 3.94.